The van der Waals surface area contributed by atoms with Gasteiger partial charge in [-0.1, -0.05) is 27.7 Å². The van der Waals surface area contributed by atoms with Gasteiger partial charge in [-0.25, -0.2) is 0 Å². The van der Waals surface area contributed by atoms with Crippen molar-refractivity contribution < 1.29 is 94.4 Å². The molecule has 4 aliphatic carbocycles. The molecule has 0 aromatic carbocycles. The summed E-state index contributed by atoms with van der Waals surface area (Å²) in [5.74, 6) is 0.532. The predicted octanol–water partition coefficient (Wildman–Crippen LogP) is -1.78. The second-order valence-electron chi connectivity index (χ2n) is 21.5. The van der Waals surface area contributed by atoms with Crippen molar-refractivity contribution in [3.05, 3.63) is 0 Å². The molecule has 8 rings (SSSR count). The van der Waals surface area contributed by atoms with Gasteiger partial charge < -0.3 is 94.4 Å². The summed E-state index contributed by atoms with van der Waals surface area (Å²) in [4.78, 5) is 0. The van der Waals surface area contributed by atoms with Crippen LogP contribution in [0.1, 0.15) is 91.9 Å². The number of hydrogen-bond donors (Lipinski definition) is 12. The molecule has 8 aliphatic rings. The molecule has 12 N–H and O–H groups in total. The van der Waals surface area contributed by atoms with Gasteiger partial charge in [0.1, 0.15) is 73.2 Å². The Balaban J connectivity index is 0.869. The predicted molar refractivity (Wildman–Crippen MR) is 219 cm³/mol. The van der Waals surface area contributed by atoms with Gasteiger partial charge in [-0.05, 0) is 104 Å². The Morgan fingerprint density at radius 2 is 1.20 bits per heavy atom. The molecule has 0 aromatic heterocycles. The molecule has 19 heteroatoms. The van der Waals surface area contributed by atoms with Crippen molar-refractivity contribution in [1.82, 2.24) is 0 Å². The summed E-state index contributed by atoms with van der Waals surface area (Å²) < 4.78 is 42.0. The van der Waals surface area contributed by atoms with Crippen LogP contribution in [0.25, 0.3) is 0 Å². The maximum atomic E-state index is 12.1. The largest absolute Gasteiger partial charge is 0.394 e. The van der Waals surface area contributed by atoms with Crippen molar-refractivity contribution >= 4 is 0 Å². The molecule has 0 amide bonds. The first-order valence-electron chi connectivity index (χ1n) is 23.9. The second-order valence-corrected chi connectivity index (χ2v) is 21.5. The number of ether oxygens (including phenoxy) is 7. The van der Waals surface area contributed by atoms with Gasteiger partial charge in [0, 0.05) is 12.3 Å². The minimum absolute atomic E-state index is 0.00000712. The van der Waals surface area contributed by atoms with Gasteiger partial charge in [0.15, 0.2) is 24.7 Å². The molecule has 19 nitrogen and oxygen atoms in total. The molecule has 0 spiro atoms. The van der Waals surface area contributed by atoms with Gasteiger partial charge in [0.05, 0.1) is 38.6 Å². The van der Waals surface area contributed by atoms with Crippen molar-refractivity contribution in [2.24, 2.45) is 52.3 Å². The molecular weight excluding hydrogens is 844 g/mol. The van der Waals surface area contributed by atoms with E-state index < -0.39 is 118 Å². The SMILES string of the molecule is CC(CCC1(O)O[C@H]2C[C@H]3[C@@H]4CC[C@@H]5C[C@@H](O[C@@H]6O[C@H](CO)[C@@H](O)[C@H](O)[C@H]6O[C@@H]6O[C@H](CO)[C@@H](O)[C@H](O)[C@H]6O)CC[C@]5(C)[C@H]4CC[C@]3(C)[C@H]2[C@@H]1C)CO[C@@H]1O[C@H](CO)[C@@H](O)[C@H](O)[C@H]1O. The maximum absolute atomic E-state index is 12.1. The zero-order chi connectivity index (χ0) is 46.2. The average Bonchev–Trinajstić information content (AvgIpc) is 3.71. The Labute approximate surface area is 374 Å². The highest BCUT2D eigenvalue weighted by Crippen LogP contribution is 2.71. The zero-order valence-electron chi connectivity index (χ0n) is 37.5. The van der Waals surface area contributed by atoms with E-state index in [0.717, 1.165) is 44.9 Å². The van der Waals surface area contributed by atoms with Gasteiger partial charge in [-0.3, -0.25) is 0 Å². The molecule has 2 unspecified atom stereocenters. The highest BCUT2D eigenvalue weighted by atomic mass is 16.8. The average molecular weight is 921 g/mol. The van der Waals surface area contributed by atoms with Crippen LogP contribution in [0.2, 0.25) is 0 Å². The van der Waals surface area contributed by atoms with E-state index in [2.05, 4.69) is 20.8 Å². The van der Waals surface area contributed by atoms with Crippen molar-refractivity contribution in [3.8, 4) is 0 Å². The summed E-state index contributed by atoms with van der Waals surface area (Å²) in [6.45, 7) is 7.28. The van der Waals surface area contributed by atoms with Gasteiger partial charge in [0.2, 0.25) is 0 Å². The van der Waals surface area contributed by atoms with Crippen LogP contribution in [0.5, 0.6) is 0 Å². The monoisotopic (exact) mass is 920 g/mol. The van der Waals surface area contributed by atoms with E-state index in [1.54, 1.807) is 0 Å². The lowest BCUT2D eigenvalue weighted by Gasteiger charge is -2.61. The first-order chi connectivity index (χ1) is 30.3. The third kappa shape index (κ3) is 8.65. The van der Waals surface area contributed by atoms with Crippen LogP contribution in [-0.2, 0) is 33.2 Å². The normalized spacial score (nSPS) is 55.6. The number of rotatable bonds is 13. The summed E-state index contributed by atoms with van der Waals surface area (Å²) in [6.07, 6.45) is -13.7. The Kier molecular flexibility index (Phi) is 14.9. The first kappa shape index (κ1) is 49.7. The molecule has 0 bridgehead atoms. The summed E-state index contributed by atoms with van der Waals surface area (Å²) in [5.41, 5.74) is 0.0475. The molecule has 0 radical (unpaired) electrons. The van der Waals surface area contributed by atoms with E-state index in [1.165, 1.54) is 0 Å². The highest BCUT2D eigenvalue weighted by molar-refractivity contribution is 5.15. The molecule has 4 aliphatic heterocycles. The minimum atomic E-state index is -1.75. The van der Waals surface area contributed by atoms with Crippen LogP contribution in [0.4, 0.5) is 0 Å². The number of aliphatic hydroxyl groups is 12. The third-order valence-corrected chi connectivity index (χ3v) is 18.0. The Morgan fingerprint density at radius 3 is 1.84 bits per heavy atom. The summed E-state index contributed by atoms with van der Waals surface area (Å²) >= 11 is 0. The van der Waals surface area contributed by atoms with E-state index in [-0.39, 0.29) is 47.4 Å². The summed E-state index contributed by atoms with van der Waals surface area (Å²) in [5, 5.41) is 125. The van der Waals surface area contributed by atoms with Crippen LogP contribution in [0, 0.1) is 52.3 Å². The Hall–Kier alpha value is -0.760. The van der Waals surface area contributed by atoms with E-state index >= 15 is 0 Å². The van der Waals surface area contributed by atoms with Crippen LogP contribution in [0.15, 0.2) is 0 Å². The Morgan fingerprint density at radius 1 is 0.625 bits per heavy atom. The highest BCUT2D eigenvalue weighted by Gasteiger charge is 2.68. The molecule has 27 atom stereocenters. The number of hydrogen-bond acceptors (Lipinski definition) is 19. The van der Waals surface area contributed by atoms with E-state index in [9.17, 15) is 61.3 Å². The molecule has 0 aromatic rings. The fourth-order valence-electron chi connectivity index (χ4n) is 14.2. The molecule has 8 fully saturated rings. The topological polar surface area (TPSA) is 307 Å². The zero-order valence-corrected chi connectivity index (χ0v) is 37.5. The van der Waals surface area contributed by atoms with Gasteiger partial charge >= 0.3 is 0 Å². The van der Waals surface area contributed by atoms with Crippen molar-refractivity contribution in [2.45, 2.75) is 202 Å². The lowest BCUT2D eigenvalue weighted by molar-refractivity contribution is -0.373. The number of aliphatic hydroxyl groups excluding tert-OH is 11. The van der Waals surface area contributed by atoms with Crippen LogP contribution in [0.3, 0.4) is 0 Å². The fraction of sp³-hybridized carbons (Fsp3) is 1.00. The molecule has 370 valence electrons. The standard InChI is InChI=1S/C45H76O19/c1-19(18-58-40-37(55)34(52)31(49)27(15-46)60-40)7-12-45(57)20(2)30-26(64-45)14-25-23-6-5-21-13-22(8-10-43(21,3)24(23)9-11-44(25,30)4)59-42-39(36(54)33(51)29(17-48)62-42)63-41-38(56)35(53)32(50)28(16-47)61-41/h19-42,46-57H,5-18H2,1-4H3/t19?,20-,21+,22-,23+,24-,25-,26-,27+,28+,29+,30-,31+,32+,33+,34-,35-,36-,37+,38+,39+,40+,41-,42+,43-,44-,45?/m0/s1. The van der Waals surface area contributed by atoms with E-state index in [4.69, 9.17) is 33.2 Å². The van der Waals surface area contributed by atoms with E-state index in [1.807, 2.05) is 6.92 Å². The van der Waals surface area contributed by atoms with Crippen molar-refractivity contribution in [2.75, 3.05) is 26.4 Å². The molecule has 64 heavy (non-hydrogen) atoms. The maximum Gasteiger partial charge on any atom is 0.187 e. The van der Waals surface area contributed by atoms with Crippen LogP contribution in [-0.4, -0.2) is 198 Å². The molecule has 4 saturated carbocycles. The van der Waals surface area contributed by atoms with Crippen molar-refractivity contribution in [3.63, 3.8) is 0 Å². The molecule has 4 heterocycles. The Bertz CT molecular complexity index is 1560. The van der Waals surface area contributed by atoms with E-state index in [0.29, 0.717) is 42.9 Å². The quantitative estimate of drug-likeness (QED) is 0.0909. The summed E-state index contributed by atoms with van der Waals surface area (Å²) in [6, 6.07) is 0. The number of fused-ring (bicyclic) bond motifs is 7. The summed E-state index contributed by atoms with van der Waals surface area (Å²) in [7, 11) is 0. The minimum Gasteiger partial charge on any atom is -0.394 e. The lowest BCUT2D eigenvalue weighted by Crippen LogP contribution is -2.65. The third-order valence-electron chi connectivity index (χ3n) is 18.0. The van der Waals surface area contributed by atoms with Crippen LogP contribution >= 0.6 is 0 Å². The lowest BCUT2D eigenvalue weighted by atomic mass is 9.44. The van der Waals surface area contributed by atoms with Gasteiger partial charge in [-0.15, -0.1) is 0 Å². The smallest absolute Gasteiger partial charge is 0.187 e. The van der Waals surface area contributed by atoms with Crippen molar-refractivity contribution in [1.29, 1.82) is 0 Å². The second kappa shape index (κ2) is 19.2. The van der Waals surface area contributed by atoms with Gasteiger partial charge in [-0.2, -0.15) is 0 Å². The fourth-order valence-corrected chi connectivity index (χ4v) is 14.2. The first-order valence-corrected chi connectivity index (χ1v) is 23.9. The molecular formula is C45H76O19. The van der Waals surface area contributed by atoms with Crippen LogP contribution < -0.4 is 0 Å². The van der Waals surface area contributed by atoms with Gasteiger partial charge in [0.25, 0.3) is 0 Å². The molecule has 4 saturated heterocycles.